The highest BCUT2D eigenvalue weighted by molar-refractivity contribution is 7.98. The standard InChI is InChI=1S/C26H27F4N5O4S/c1-13-8-11-17(16(27)12-13)33-23-20(24(36)32-15-9-10-15)21(14(2)25(37)35(23)4)38-19-7-5-6-18(34-40-31-3)22(19)39-26(28,29)30/h5-8,11-12,15,31,33-34H,9-10H2,1-4H3,(H,32,36). The fraction of sp³-hybridized carbons (Fsp3) is 0.308. The van der Waals surface area contributed by atoms with Gasteiger partial charge in [-0.2, -0.15) is 0 Å². The molecule has 0 spiro atoms. The second kappa shape index (κ2) is 11.7. The number of carbonyl (C=O) groups is 1. The lowest BCUT2D eigenvalue weighted by atomic mass is 10.1. The largest absolute Gasteiger partial charge is 0.573 e. The number of amides is 1. The van der Waals surface area contributed by atoms with Crippen molar-refractivity contribution in [1.82, 2.24) is 14.6 Å². The Morgan fingerprint density at radius 1 is 1.10 bits per heavy atom. The molecule has 0 atom stereocenters. The molecule has 3 aromatic rings. The van der Waals surface area contributed by atoms with Gasteiger partial charge in [0.05, 0.1) is 16.9 Å². The summed E-state index contributed by atoms with van der Waals surface area (Å²) in [6.45, 7) is 3.08. The molecule has 1 aliphatic carbocycles. The Morgan fingerprint density at radius 3 is 2.45 bits per heavy atom. The summed E-state index contributed by atoms with van der Waals surface area (Å²) in [7, 11) is 2.95. The highest BCUT2D eigenvalue weighted by atomic mass is 32.2. The van der Waals surface area contributed by atoms with E-state index in [1.54, 1.807) is 20.0 Å². The molecule has 1 fully saturated rings. The van der Waals surface area contributed by atoms with Crippen LogP contribution in [0.4, 0.5) is 34.8 Å². The molecule has 4 N–H and O–H groups in total. The van der Waals surface area contributed by atoms with E-state index >= 15 is 0 Å². The number of carbonyl (C=O) groups excluding carboxylic acids is 1. The fourth-order valence-corrected chi connectivity index (χ4v) is 4.22. The summed E-state index contributed by atoms with van der Waals surface area (Å²) in [5.74, 6) is -2.82. The minimum Gasteiger partial charge on any atom is -0.452 e. The molecule has 1 saturated carbocycles. The van der Waals surface area contributed by atoms with E-state index in [4.69, 9.17) is 4.74 Å². The Morgan fingerprint density at radius 2 is 1.82 bits per heavy atom. The number of hydrogen-bond donors (Lipinski definition) is 4. The van der Waals surface area contributed by atoms with Crippen LogP contribution in [0.3, 0.4) is 0 Å². The molecule has 4 rings (SSSR count). The van der Waals surface area contributed by atoms with Gasteiger partial charge in [0.1, 0.15) is 17.2 Å². The minimum atomic E-state index is -5.08. The van der Waals surface area contributed by atoms with Gasteiger partial charge >= 0.3 is 6.36 Å². The van der Waals surface area contributed by atoms with E-state index in [1.807, 2.05) is 0 Å². The van der Waals surface area contributed by atoms with Crippen molar-refractivity contribution in [3.63, 3.8) is 0 Å². The lowest BCUT2D eigenvalue weighted by molar-refractivity contribution is -0.274. The molecule has 0 bridgehead atoms. The third kappa shape index (κ3) is 6.62. The number of ether oxygens (including phenoxy) is 2. The zero-order valence-electron chi connectivity index (χ0n) is 22.0. The molecule has 1 heterocycles. The fourth-order valence-electron chi connectivity index (χ4n) is 3.85. The monoisotopic (exact) mass is 581 g/mol. The van der Waals surface area contributed by atoms with Crippen LogP contribution in [0.1, 0.15) is 34.3 Å². The highest BCUT2D eigenvalue weighted by Gasteiger charge is 2.35. The number of para-hydroxylation sites is 1. The van der Waals surface area contributed by atoms with Gasteiger partial charge in [0, 0.05) is 25.2 Å². The molecule has 1 aliphatic rings. The summed E-state index contributed by atoms with van der Waals surface area (Å²) in [6.07, 6.45) is -3.60. The van der Waals surface area contributed by atoms with Crippen LogP contribution in [0, 0.1) is 19.7 Å². The minimum absolute atomic E-state index is 0.0211. The van der Waals surface area contributed by atoms with E-state index in [0.717, 1.165) is 29.5 Å². The molecule has 40 heavy (non-hydrogen) atoms. The first-order chi connectivity index (χ1) is 18.9. The molecule has 1 amide bonds. The number of alkyl halides is 3. The predicted molar refractivity (Wildman–Crippen MR) is 145 cm³/mol. The molecule has 214 valence electrons. The van der Waals surface area contributed by atoms with E-state index in [9.17, 15) is 27.2 Å². The van der Waals surface area contributed by atoms with Crippen molar-refractivity contribution in [1.29, 1.82) is 0 Å². The van der Waals surface area contributed by atoms with Crippen LogP contribution in [0.15, 0.2) is 41.2 Å². The third-order valence-corrected chi connectivity index (χ3v) is 6.48. The van der Waals surface area contributed by atoms with E-state index < -0.39 is 35.1 Å². The molecule has 0 radical (unpaired) electrons. The van der Waals surface area contributed by atoms with Crippen LogP contribution >= 0.6 is 12.1 Å². The number of aromatic nitrogens is 1. The second-order valence-electron chi connectivity index (χ2n) is 9.09. The Kier molecular flexibility index (Phi) is 8.49. The summed E-state index contributed by atoms with van der Waals surface area (Å²) in [5, 5.41) is 5.62. The van der Waals surface area contributed by atoms with E-state index in [-0.39, 0.29) is 40.1 Å². The Labute approximate surface area is 231 Å². The summed E-state index contributed by atoms with van der Waals surface area (Å²) in [5.41, 5.74) is -0.316. The average Bonchev–Trinajstić information content (AvgIpc) is 3.70. The predicted octanol–water partition coefficient (Wildman–Crippen LogP) is 5.66. The first-order valence-corrected chi connectivity index (χ1v) is 12.9. The van der Waals surface area contributed by atoms with Crippen molar-refractivity contribution in [3.05, 3.63) is 69.3 Å². The second-order valence-corrected chi connectivity index (χ2v) is 9.91. The van der Waals surface area contributed by atoms with Gasteiger partial charge in [0.2, 0.25) is 0 Å². The molecule has 2 aromatic carbocycles. The first kappa shape index (κ1) is 29.1. The molecule has 1 aromatic heterocycles. The first-order valence-electron chi connectivity index (χ1n) is 12.1. The summed E-state index contributed by atoms with van der Waals surface area (Å²) in [4.78, 5) is 26.8. The number of pyridine rings is 1. The van der Waals surface area contributed by atoms with E-state index in [0.29, 0.717) is 5.56 Å². The molecular formula is C26H27F4N5O4S. The van der Waals surface area contributed by atoms with Crippen LogP contribution in [-0.2, 0) is 7.05 Å². The normalized spacial score (nSPS) is 13.1. The Bertz CT molecular complexity index is 1490. The van der Waals surface area contributed by atoms with Gasteiger partial charge in [0.25, 0.3) is 11.5 Å². The number of nitrogens with one attached hydrogen (secondary N) is 4. The Hall–Kier alpha value is -3.91. The van der Waals surface area contributed by atoms with Crippen molar-refractivity contribution >= 4 is 35.2 Å². The van der Waals surface area contributed by atoms with Crippen LogP contribution < -0.4 is 35.1 Å². The van der Waals surface area contributed by atoms with Crippen molar-refractivity contribution in [3.8, 4) is 17.2 Å². The molecular weight excluding hydrogens is 554 g/mol. The zero-order chi connectivity index (χ0) is 29.2. The van der Waals surface area contributed by atoms with Crippen molar-refractivity contribution in [2.45, 2.75) is 39.1 Å². The van der Waals surface area contributed by atoms with Crippen molar-refractivity contribution in [2.75, 3.05) is 17.1 Å². The number of halogens is 4. The van der Waals surface area contributed by atoms with Crippen LogP contribution in [0.2, 0.25) is 0 Å². The summed E-state index contributed by atoms with van der Waals surface area (Å²) < 4.78 is 71.7. The lowest BCUT2D eigenvalue weighted by Crippen LogP contribution is -2.31. The van der Waals surface area contributed by atoms with Crippen LogP contribution in [0.25, 0.3) is 0 Å². The zero-order valence-corrected chi connectivity index (χ0v) is 22.8. The Balaban J connectivity index is 1.90. The molecule has 0 aliphatic heterocycles. The van der Waals surface area contributed by atoms with Gasteiger partial charge in [-0.1, -0.05) is 12.1 Å². The topological polar surface area (TPSA) is 106 Å². The maximum absolute atomic E-state index is 14.8. The SMILES string of the molecule is CNSNc1cccc(Oc2c(C(=O)NC3CC3)c(Nc3ccc(C)cc3F)n(C)c(=O)c2C)c1OC(F)(F)F. The van der Waals surface area contributed by atoms with Gasteiger partial charge in [-0.15, -0.1) is 13.2 Å². The van der Waals surface area contributed by atoms with E-state index in [2.05, 4.69) is 24.8 Å². The molecule has 14 heteroatoms. The van der Waals surface area contributed by atoms with Gasteiger partial charge in [-0.05, 0) is 63.6 Å². The van der Waals surface area contributed by atoms with Crippen LogP contribution in [-0.4, -0.2) is 29.9 Å². The van der Waals surface area contributed by atoms with Crippen LogP contribution in [0.5, 0.6) is 17.2 Å². The molecule has 0 unspecified atom stereocenters. The van der Waals surface area contributed by atoms with Gasteiger partial charge in [0.15, 0.2) is 17.2 Å². The molecule has 9 nitrogen and oxygen atoms in total. The third-order valence-electron chi connectivity index (χ3n) is 5.95. The maximum atomic E-state index is 14.8. The smallest absolute Gasteiger partial charge is 0.452 e. The van der Waals surface area contributed by atoms with Crippen molar-refractivity contribution < 1.29 is 31.8 Å². The number of anilines is 3. The van der Waals surface area contributed by atoms with Crippen molar-refractivity contribution in [2.24, 2.45) is 7.05 Å². The summed E-state index contributed by atoms with van der Waals surface area (Å²) >= 11 is 0.886. The lowest BCUT2D eigenvalue weighted by Gasteiger charge is -2.23. The number of benzene rings is 2. The van der Waals surface area contributed by atoms with Gasteiger partial charge < -0.3 is 24.8 Å². The molecule has 0 saturated heterocycles. The maximum Gasteiger partial charge on any atom is 0.573 e. The van der Waals surface area contributed by atoms with Gasteiger partial charge in [-0.25, -0.2) is 9.11 Å². The number of hydrogen-bond acceptors (Lipinski definition) is 8. The number of rotatable bonds is 10. The quantitative estimate of drug-likeness (QED) is 0.180. The average molecular weight is 582 g/mol. The number of aryl methyl sites for hydroxylation is 1. The van der Waals surface area contributed by atoms with Gasteiger partial charge in [-0.3, -0.25) is 14.2 Å². The highest BCUT2D eigenvalue weighted by Crippen LogP contribution is 2.44. The summed E-state index contributed by atoms with van der Waals surface area (Å²) in [6, 6.07) is 8.21. The number of nitrogens with zero attached hydrogens (tertiary/aromatic N) is 1. The van der Waals surface area contributed by atoms with E-state index in [1.165, 1.54) is 44.3 Å².